The molecule has 3 aromatic carbocycles. The Bertz CT molecular complexity index is 1400. The number of hydrogen-bond donors (Lipinski definition) is 0. The van der Waals surface area contributed by atoms with Crippen LogP contribution in [0, 0.1) is 10.1 Å². The first-order valence-electron chi connectivity index (χ1n) is 9.48. The van der Waals surface area contributed by atoms with Crippen LogP contribution in [0.1, 0.15) is 17.3 Å². The predicted molar refractivity (Wildman–Crippen MR) is 117 cm³/mol. The molecule has 4 rings (SSSR count). The Morgan fingerprint density at radius 1 is 1.13 bits per heavy atom. The summed E-state index contributed by atoms with van der Waals surface area (Å²) in [6, 6.07) is 17.0. The van der Waals surface area contributed by atoms with E-state index in [-0.39, 0.29) is 24.4 Å². The van der Waals surface area contributed by atoms with Crippen LogP contribution in [0.25, 0.3) is 21.0 Å². The third-order valence-electron chi connectivity index (χ3n) is 4.67. The Labute approximate surface area is 180 Å². The van der Waals surface area contributed by atoms with Crippen molar-refractivity contribution < 1.29 is 19.2 Å². The predicted octanol–water partition coefficient (Wildman–Crippen LogP) is 4.07. The lowest BCUT2D eigenvalue weighted by Gasteiger charge is -2.06. The number of fused-ring (bicyclic) bond motifs is 3. The highest BCUT2D eigenvalue weighted by Crippen LogP contribution is 2.27. The monoisotopic (exact) mass is 435 g/mol. The van der Waals surface area contributed by atoms with E-state index in [0.717, 1.165) is 21.0 Å². The van der Waals surface area contributed by atoms with E-state index in [2.05, 4.69) is 4.99 Å². The first kappa shape index (κ1) is 20.4. The molecular weight excluding hydrogens is 418 g/mol. The van der Waals surface area contributed by atoms with Crippen molar-refractivity contribution in [1.29, 1.82) is 0 Å². The lowest BCUT2D eigenvalue weighted by molar-refractivity contribution is -0.384. The van der Waals surface area contributed by atoms with E-state index in [1.807, 2.05) is 36.4 Å². The van der Waals surface area contributed by atoms with Gasteiger partial charge >= 0.3 is 5.97 Å². The lowest BCUT2D eigenvalue weighted by Crippen LogP contribution is -2.23. The molecule has 0 spiro atoms. The SMILES string of the molecule is CCOC(=O)Cn1c(=NC(=O)c2cccc([N+](=O)[O-])c2)sc2c3ccccc3ccc21. The van der Waals surface area contributed by atoms with Crippen molar-refractivity contribution in [2.45, 2.75) is 13.5 Å². The molecule has 31 heavy (non-hydrogen) atoms. The van der Waals surface area contributed by atoms with Gasteiger partial charge in [0.25, 0.3) is 11.6 Å². The number of nitrogens with zero attached hydrogens (tertiary/aromatic N) is 3. The zero-order valence-corrected chi connectivity index (χ0v) is 17.3. The number of nitro benzene ring substituents is 1. The van der Waals surface area contributed by atoms with Gasteiger partial charge in [0.2, 0.25) is 0 Å². The van der Waals surface area contributed by atoms with E-state index in [4.69, 9.17) is 4.74 Å². The summed E-state index contributed by atoms with van der Waals surface area (Å²) in [4.78, 5) is 40.0. The molecule has 0 aliphatic carbocycles. The van der Waals surface area contributed by atoms with Gasteiger partial charge < -0.3 is 9.30 Å². The zero-order valence-electron chi connectivity index (χ0n) is 16.5. The van der Waals surface area contributed by atoms with Gasteiger partial charge in [-0.05, 0) is 24.4 Å². The molecule has 0 N–H and O–H groups in total. The number of amides is 1. The Hall–Kier alpha value is -3.85. The van der Waals surface area contributed by atoms with Crippen molar-refractivity contribution >= 4 is 49.9 Å². The second-order valence-electron chi connectivity index (χ2n) is 6.64. The fourth-order valence-corrected chi connectivity index (χ4v) is 4.44. The molecule has 0 saturated carbocycles. The number of aromatic nitrogens is 1. The Kier molecular flexibility index (Phi) is 5.59. The number of ether oxygens (including phenoxy) is 1. The quantitative estimate of drug-likeness (QED) is 0.267. The molecule has 0 radical (unpaired) electrons. The van der Waals surface area contributed by atoms with Crippen LogP contribution < -0.4 is 4.80 Å². The molecule has 0 fully saturated rings. The normalized spacial score (nSPS) is 11.7. The van der Waals surface area contributed by atoms with E-state index < -0.39 is 16.8 Å². The summed E-state index contributed by atoms with van der Waals surface area (Å²) in [6.07, 6.45) is 0. The van der Waals surface area contributed by atoms with Crippen LogP contribution in [0.15, 0.2) is 65.7 Å². The highest BCUT2D eigenvalue weighted by atomic mass is 32.1. The molecular formula is C22H17N3O5S. The fourth-order valence-electron chi connectivity index (χ4n) is 3.28. The molecule has 0 saturated heterocycles. The van der Waals surface area contributed by atoms with Gasteiger partial charge in [0.1, 0.15) is 6.54 Å². The van der Waals surface area contributed by atoms with Gasteiger partial charge in [-0.3, -0.25) is 19.7 Å². The van der Waals surface area contributed by atoms with Crippen molar-refractivity contribution in [3.8, 4) is 0 Å². The van der Waals surface area contributed by atoms with Gasteiger partial charge in [0, 0.05) is 23.1 Å². The van der Waals surface area contributed by atoms with Crippen LogP contribution in [-0.4, -0.2) is 28.0 Å². The molecule has 0 bridgehead atoms. The van der Waals surface area contributed by atoms with E-state index in [0.29, 0.717) is 4.80 Å². The summed E-state index contributed by atoms with van der Waals surface area (Å²) in [5.74, 6) is -1.07. The van der Waals surface area contributed by atoms with E-state index in [9.17, 15) is 19.7 Å². The maximum absolute atomic E-state index is 12.8. The molecule has 0 aliphatic heterocycles. The molecule has 0 unspecified atom stereocenters. The van der Waals surface area contributed by atoms with Crippen LogP contribution in [-0.2, 0) is 16.1 Å². The van der Waals surface area contributed by atoms with Gasteiger partial charge in [-0.25, -0.2) is 0 Å². The third kappa shape index (κ3) is 4.08. The molecule has 0 atom stereocenters. The molecule has 8 nitrogen and oxygen atoms in total. The van der Waals surface area contributed by atoms with Crippen molar-refractivity contribution in [1.82, 2.24) is 4.57 Å². The van der Waals surface area contributed by atoms with Crippen molar-refractivity contribution in [2.75, 3.05) is 6.61 Å². The number of thiazole rings is 1. The molecule has 9 heteroatoms. The molecule has 1 heterocycles. The third-order valence-corrected chi connectivity index (χ3v) is 5.79. The first-order valence-corrected chi connectivity index (χ1v) is 10.3. The van der Waals surface area contributed by atoms with Crippen LogP contribution in [0.2, 0.25) is 0 Å². The standard InChI is InChI=1S/C22H17N3O5S/c1-2-30-19(26)13-24-18-11-10-14-6-3-4-9-17(14)20(18)31-22(24)23-21(27)15-7-5-8-16(12-15)25(28)29/h3-12H,2,13H2,1H3. The maximum Gasteiger partial charge on any atom is 0.326 e. The maximum atomic E-state index is 12.8. The minimum Gasteiger partial charge on any atom is -0.465 e. The summed E-state index contributed by atoms with van der Waals surface area (Å²) < 4.78 is 7.60. The van der Waals surface area contributed by atoms with Crippen molar-refractivity contribution in [3.05, 3.63) is 81.1 Å². The number of carbonyl (C=O) groups excluding carboxylic acids is 2. The summed E-state index contributed by atoms with van der Waals surface area (Å²) >= 11 is 1.28. The largest absolute Gasteiger partial charge is 0.465 e. The summed E-state index contributed by atoms with van der Waals surface area (Å²) in [5.41, 5.74) is 0.657. The minimum atomic E-state index is -0.628. The van der Waals surface area contributed by atoms with E-state index >= 15 is 0 Å². The van der Waals surface area contributed by atoms with Gasteiger partial charge in [-0.1, -0.05) is 47.7 Å². The van der Waals surface area contributed by atoms with Crippen LogP contribution in [0.4, 0.5) is 5.69 Å². The van der Waals surface area contributed by atoms with Crippen LogP contribution in [0.5, 0.6) is 0 Å². The number of nitro groups is 1. The molecule has 1 aromatic heterocycles. The van der Waals surface area contributed by atoms with Crippen LogP contribution >= 0.6 is 11.3 Å². The molecule has 156 valence electrons. The van der Waals surface area contributed by atoms with E-state index in [1.165, 1.54) is 35.6 Å². The minimum absolute atomic E-state index is 0.0965. The van der Waals surface area contributed by atoms with Gasteiger partial charge in [0.05, 0.1) is 21.7 Å². The smallest absolute Gasteiger partial charge is 0.326 e. The van der Waals surface area contributed by atoms with Crippen molar-refractivity contribution in [3.63, 3.8) is 0 Å². The Morgan fingerprint density at radius 3 is 2.71 bits per heavy atom. The second-order valence-corrected chi connectivity index (χ2v) is 7.61. The molecule has 4 aromatic rings. The highest BCUT2D eigenvalue weighted by molar-refractivity contribution is 7.17. The zero-order chi connectivity index (χ0) is 22.0. The summed E-state index contributed by atoms with van der Waals surface area (Å²) in [6.45, 7) is 1.86. The number of benzene rings is 3. The van der Waals surface area contributed by atoms with E-state index in [1.54, 1.807) is 11.5 Å². The van der Waals surface area contributed by atoms with Gasteiger partial charge in [0.15, 0.2) is 4.80 Å². The Balaban J connectivity index is 1.89. The number of carbonyl (C=O) groups is 2. The second kappa shape index (κ2) is 8.49. The fraction of sp³-hybridized carbons (Fsp3) is 0.136. The average Bonchev–Trinajstić information content (AvgIpc) is 3.11. The number of hydrogen-bond acceptors (Lipinski definition) is 6. The number of rotatable bonds is 5. The number of esters is 1. The molecule has 0 aliphatic rings. The highest BCUT2D eigenvalue weighted by Gasteiger charge is 2.16. The number of non-ortho nitro benzene ring substituents is 1. The van der Waals surface area contributed by atoms with Crippen LogP contribution in [0.3, 0.4) is 0 Å². The van der Waals surface area contributed by atoms with Crippen molar-refractivity contribution in [2.24, 2.45) is 4.99 Å². The summed E-state index contributed by atoms with van der Waals surface area (Å²) in [7, 11) is 0. The van der Waals surface area contributed by atoms with Gasteiger partial charge in [-0.2, -0.15) is 4.99 Å². The lowest BCUT2D eigenvalue weighted by atomic mass is 10.1. The summed E-state index contributed by atoms with van der Waals surface area (Å²) in [5, 5.41) is 13.0. The van der Waals surface area contributed by atoms with Gasteiger partial charge in [-0.15, -0.1) is 0 Å². The Morgan fingerprint density at radius 2 is 1.94 bits per heavy atom. The molecule has 1 amide bonds. The topological polar surface area (TPSA) is 104 Å². The first-order chi connectivity index (χ1) is 15.0. The average molecular weight is 435 g/mol.